The summed E-state index contributed by atoms with van der Waals surface area (Å²) in [6.07, 6.45) is 0. The molecule has 0 aliphatic rings. The third-order valence-corrected chi connectivity index (χ3v) is 0.859. The summed E-state index contributed by atoms with van der Waals surface area (Å²) in [6, 6.07) is 0. The van der Waals surface area contributed by atoms with Crippen LogP contribution in [-0.4, -0.2) is 19.6 Å². The highest BCUT2D eigenvalue weighted by Crippen LogP contribution is 1.99. The largest absolute Gasteiger partial charge is 0.358 e. The molecule has 0 rings (SSSR count). The van der Waals surface area contributed by atoms with Crippen molar-refractivity contribution in [2.75, 3.05) is 7.11 Å². The van der Waals surface area contributed by atoms with Crippen LogP contribution in [0.1, 0.15) is 13.8 Å². The average Bonchev–Trinajstić information content (AvgIpc) is 1.67. The first-order chi connectivity index (χ1) is 3.62. The van der Waals surface area contributed by atoms with Crippen molar-refractivity contribution in [3.05, 3.63) is 0 Å². The highest BCUT2D eigenvalue weighted by atomic mass is 16.5. The number of hydrogen-bond acceptors (Lipinski definition) is 3. The molecule has 0 heterocycles. The Hall–Kier alpha value is -0.570. The average molecular weight is 116 g/mol. The van der Waals surface area contributed by atoms with Crippen LogP contribution in [0, 0.1) is 0 Å². The van der Waals surface area contributed by atoms with Crippen molar-refractivity contribution in [2.45, 2.75) is 19.6 Å². The molecule has 0 saturated carbocycles. The van der Waals surface area contributed by atoms with Gasteiger partial charge in [0.1, 0.15) is 5.72 Å². The smallest absolute Gasteiger partial charge is 0.147 e. The molecular weight excluding hydrogens is 104 g/mol. The van der Waals surface area contributed by atoms with Crippen LogP contribution in [0.5, 0.6) is 0 Å². The van der Waals surface area contributed by atoms with E-state index in [4.69, 9.17) is 4.74 Å². The standard InChI is InChI=1S/C5H12N2O/c1-5(2,8-4)7-6-3/h7H,3H2,1-2,4H3. The van der Waals surface area contributed by atoms with Crippen molar-refractivity contribution in [1.82, 2.24) is 5.43 Å². The molecule has 0 atom stereocenters. The van der Waals surface area contributed by atoms with Crippen LogP contribution < -0.4 is 5.43 Å². The van der Waals surface area contributed by atoms with Crippen LogP contribution in [0.4, 0.5) is 0 Å². The Balaban J connectivity index is 3.53. The van der Waals surface area contributed by atoms with Gasteiger partial charge in [0, 0.05) is 13.8 Å². The molecule has 3 nitrogen and oxygen atoms in total. The zero-order chi connectivity index (χ0) is 6.62. The molecule has 0 bridgehead atoms. The molecule has 0 spiro atoms. The predicted molar refractivity (Wildman–Crippen MR) is 33.8 cm³/mol. The quantitative estimate of drug-likeness (QED) is 0.332. The molecule has 0 unspecified atom stereocenters. The summed E-state index contributed by atoms with van der Waals surface area (Å²) in [7, 11) is 1.61. The maximum absolute atomic E-state index is 4.93. The molecule has 0 aliphatic heterocycles. The molecule has 0 aliphatic carbocycles. The van der Waals surface area contributed by atoms with Crippen molar-refractivity contribution in [3.8, 4) is 0 Å². The van der Waals surface area contributed by atoms with Gasteiger partial charge >= 0.3 is 0 Å². The van der Waals surface area contributed by atoms with Crippen molar-refractivity contribution < 1.29 is 4.74 Å². The SMILES string of the molecule is C=NNC(C)(C)OC. The number of methoxy groups -OCH3 is 1. The van der Waals surface area contributed by atoms with Crippen LogP contribution in [0.3, 0.4) is 0 Å². The summed E-state index contributed by atoms with van der Waals surface area (Å²) >= 11 is 0. The summed E-state index contributed by atoms with van der Waals surface area (Å²) in [4.78, 5) is 0. The van der Waals surface area contributed by atoms with E-state index in [2.05, 4.69) is 17.2 Å². The van der Waals surface area contributed by atoms with E-state index in [1.807, 2.05) is 13.8 Å². The van der Waals surface area contributed by atoms with Crippen LogP contribution in [0.2, 0.25) is 0 Å². The van der Waals surface area contributed by atoms with E-state index in [0.29, 0.717) is 0 Å². The van der Waals surface area contributed by atoms with E-state index >= 15 is 0 Å². The lowest BCUT2D eigenvalue weighted by molar-refractivity contribution is -0.00589. The normalized spacial score (nSPS) is 10.9. The Morgan fingerprint density at radius 3 is 2.25 bits per heavy atom. The molecule has 0 aromatic carbocycles. The molecular formula is C5H12N2O. The second-order valence-corrected chi connectivity index (χ2v) is 1.98. The molecule has 8 heavy (non-hydrogen) atoms. The summed E-state index contributed by atoms with van der Waals surface area (Å²) in [5, 5.41) is 3.45. The van der Waals surface area contributed by atoms with E-state index in [-0.39, 0.29) is 5.72 Å². The molecule has 0 aromatic heterocycles. The first-order valence-electron chi connectivity index (χ1n) is 2.40. The third kappa shape index (κ3) is 2.58. The zero-order valence-electron chi connectivity index (χ0n) is 5.56. The van der Waals surface area contributed by atoms with E-state index in [1.54, 1.807) is 7.11 Å². The number of ether oxygens (including phenoxy) is 1. The summed E-state index contributed by atoms with van der Waals surface area (Å²) in [5.41, 5.74) is 2.28. The van der Waals surface area contributed by atoms with Gasteiger partial charge in [0.25, 0.3) is 0 Å². The van der Waals surface area contributed by atoms with Crippen LogP contribution in [0.25, 0.3) is 0 Å². The first-order valence-corrected chi connectivity index (χ1v) is 2.40. The minimum Gasteiger partial charge on any atom is -0.358 e. The molecule has 3 heteroatoms. The van der Waals surface area contributed by atoms with Gasteiger partial charge in [-0.3, -0.25) is 5.43 Å². The number of nitrogens with zero attached hydrogens (tertiary/aromatic N) is 1. The van der Waals surface area contributed by atoms with Crippen molar-refractivity contribution in [2.24, 2.45) is 5.10 Å². The van der Waals surface area contributed by atoms with Crippen molar-refractivity contribution >= 4 is 6.72 Å². The second kappa shape index (κ2) is 2.67. The number of hydrogen-bond donors (Lipinski definition) is 1. The van der Waals surface area contributed by atoms with E-state index < -0.39 is 0 Å². The van der Waals surface area contributed by atoms with Gasteiger partial charge in [0.05, 0.1) is 0 Å². The first kappa shape index (κ1) is 7.43. The Morgan fingerprint density at radius 1 is 1.62 bits per heavy atom. The van der Waals surface area contributed by atoms with Gasteiger partial charge in [-0.15, -0.1) is 0 Å². The summed E-state index contributed by atoms with van der Waals surface area (Å²) < 4.78 is 4.93. The van der Waals surface area contributed by atoms with Crippen LogP contribution >= 0.6 is 0 Å². The van der Waals surface area contributed by atoms with Gasteiger partial charge in [-0.2, -0.15) is 5.10 Å². The van der Waals surface area contributed by atoms with Gasteiger partial charge in [0.2, 0.25) is 0 Å². The molecule has 0 radical (unpaired) electrons. The molecule has 0 aromatic rings. The zero-order valence-corrected chi connectivity index (χ0v) is 5.56. The monoisotopic (exact) mass is 116 g/mol. The fraction of sp³-hybridized carbons (Fsp3) is 0.800. The third-order valence-electron chi connectivity index (χ3n) is 0.859. The Morgan fingerprint density at radius 2 is 2.12 bits per heavy atom. The predicted octanol–water partition coefficient (Wildman–Crippen LogP) is 0.574. The van der Waals surface area contributed by atoms with Gasteiger partial charge in [0.15, 0.2) is 0 Å². The minimum absolute atomic E-state index is 0.387. The van der Waals surface area contributed by atoms with Gasteiger partial charge < -0.3 is 4.74 Å². The van der Waals surface area contributed by atoms with E-state index in [9.17, 15) is 0 Å². The highest BCUT2D eigenvalue weighted by Gasteiger charge is 2.12. The molecule has 0 fully saturated rings. The maximum atomic E-state index is 4.93. The van der Waals surface area contributed by atoms with E-state index in [0.717, 1.165) is 0 Å². The van der Waals surface area contributed by atoms with Gasteiger partial charge in [-0.1, -0.05) is 0 Å². The maximum Gasteiger partial charge on any atom is 0.147 e. The lowest BCUT2D eigenvalue weighted by Crippen LogP contribution is -2.36. The second-order valence-electron chi connectivity index (χ2n) is 1.98. The van der Waals surface area contributed by atoms with Crippen molar-refractivity contribution in [3.63, 3.8) is 0 Å². The molecule has 0 amide bonds. The van der Waals surface area contributed by atoms with Crippen LogP contribution in [0.15, 0.2) is 5.10 Å². The summed E-state index contributed by atoms with van der Waals surface area (Å²) in [6.45, 7) is 6.98. The van der Waals surface area contributed by atoms with Gasteiger partial charge in [-0.25, -0.2) is 0 Å². The van der Waals surface area contributed by atoms with E-state index in [1.165, 1.54) is 0 Å². The van der Waals surface area contributed by atoms with Crippen LogP contribution in [-0.2, 0) is 4.74 Å². The Kier molecular flexibility index (Phi) is 2.48. The number of nitrogens with one attached hydrogen (secondary N) is 1. The van der Waals surface area contributed by atoms with Gasteiger partial charge in [-0.05, 0) is 13.8 Å². The number of hydrazone groups is 1. The fourth-order valence-corrected chi connectivity index (χ4v) is 0.236. The molecule has 0 saturated heterocycles. The van der Waals surface area contributed by atoms with Crippen molar-refractivity contribution in [1.29, 1.82) is 0 Å². The Labute approximate surface area is 49.7 Å². The summed E-state index contributed by atoms with van der Waals surface area (Å²) in [5.74, 6) is 0. The fourth-order valence-electron chi connectivity index (χ4n) is 0.236. The minimum atomic E-state index is -0.387. The lowest BCUT2D eigenvalue weighted by atomic mass is 10.3. The Bertz CT molecular complexity index is 80.5. The topological polar surface area (TPSA) is 33.6 Å². The lowest BCUT2D eigenvalue weighted by Gasteiger charge is -2.21. The molecule has 1 N–H and O–H groups in total. The highest BCUT2D eigenvalue weighted by molar-refractivity contribution is 5.22. The molecule has 48 valence electrons. The number of rotatable bonds is 3.